The van der Waals surface area contributed by atoms with Crippen LogP contribution in [0.15, 0.2) is 41.1 Å². The molecule has 1 fully saturated rings. The molecule has 0 N–H and O–H groups in total. The molecule has 4 nitrogen and oxygen atoms in total. The molecule has 1 aliphatic carbocycles. The zero-order valence-corrected chi connectivity index (χ0v) is 15.9. The van der Waals surface area contributed by atoms with E-state index in [2.05, 4.69) is 44.9 Å². The van der Waals surface area contributed by atoms with Crippen LogP contribution in [0.25, 0.3) is 0 Å². The number of hydrogen-bond acceptors (Lipinski definition) is 4. The third-order valence-electron chi connectivity index (χ3n) is 4.60. The molecular formula is C19H23BrN2O2. The number of benzene rings is 1. The van der Waals surface area contributed by atoms with Crippen LogP contribution in [0.1, 0.15) is 36.9 Å². The molecule has 1 heterocycles. The lowest BCUT2D eigenvalue weighted by atomic mass is 10.1. The monoisotopic (exact) mass is 390 g/mol. The lowest BCUT2D eigenvalue weighted by Gasteiger charge is -2.30. The fraction of sp³-hybridized carbons (Fsp3) is 0.421. The van der Waals surface area contributed by atoms with E-state index in [9.17, 15) is 0 Å². The van der Waals surface area contributed by atoms with Crippen molar-refractivity contribution in [2.24, 2.45) is 0 Å². The highest BCUT2D eigenvalue weighted by Gasteiger charge is 2.33. The lowest BCUT2D eigenvalue weighted by molar-refractivity contribution is 0.189. The van der Waals surface area contributed by atoms with Gasteiger partial charge in [0.25, 0.3) is 0 Å². The van der Waals surface area contributed by atoms with Crippen LogP contribution in [0.2, 0.25) is 0 Å². The molecule has 2 aromatic rings. The molecule has 128 valence electrons. The van der Waals surface area contributed by atoms with E-state index in [0.717, 1.165) is 22.5 Å². The van der Waals surface area contributed by atoms with Gasteiger partial charge in [-0.15, -0.1) is 0 Å². The van der Waals surface area contributed by atoms with Gasteiger partial charge >= 0.3 is 0 Å². The van der Waals surface area contributed by atoms with Crippen molar-refractivity contribution < 1.29 is 9.47 Å². The number of nitrogens with zero attached hydrogens (tertiary/aromatic N) is 2. The molecule has 1 aliphatic rings. The van der Waals surface area contributed by atoms with Crippen LogP contribution < -0.4 is 9.47 Å². The summed E-state index contributed by atoms with van der Waals surface area (Å²) >= 11 is 3.69. The van der Waals surface area contributed by atoms with Gasteiger partial charge in [0.15, 0.2) is 11.5 Å². The fourth-order valence-corrected chi connectivity index (χ4v) is 3.67. The summed E-state index contributed by atoms with van der Waals surface area (Å²) in [6, 6.07) is 9.20. The topological polar surface area (TPSA) is 34.6 Å². The Kier molecular flexibility index (Phi) is 5.41. The van der Waals surface area contributed by atoms with Gasteiger partial charge in [-0.2, -0.15) is 0 Å². The summed E-state index contributed by atoms with van der Waals surface area (Å²) in [6.07, 6.45) is 6.30. The van der Waals surface area contributed by atoms with Gasteiger partial charge in [0.2, 0.25) is 0 Å². The van der Waals surface area contributed by atoms with Crippen molar-refractivity contribution in [1.29, 1.82) is 0 Å². The second-order valence-corrected chi connectivity index (χ2v) is 6.93. The van der Waals surface area contributed by atoms with Gasteiger partial charge in [0.1, 0.15) is 0 Å². The summed E-state index contributed by atoms with van der Waals surface area (Å²) in [7, 11) is 3.33. The maximum absolute atomic E-state index is 5.51. The maximum Gasteiger partial charge on any atom is 0.175 e. The van der Waals surface area contributed by atoms with Crippen molar-refractivity contribution in [1.82, 2.24) is 9.88 Å². The Hall–Kier alpha value is -1.59. The summed E-state index contributed by atoms with van der Waals surface area (Å²) < 4.78 is 11.9. The molecule has 1 aromatic heterocycles. The predicted octanol–water partition coefficient (Wildman–Crippen LogP) is 4.59. The zero-order chi connectivity index (χ0) is 17.1. The predicted molar refractivity (Wildman–Crippen MR) is 98.5 cm³/mol. The van der Waals surface area contributed by atoms with Crippen LogP contribution >= 0.6 is 15.9 Å². The van der Waals surface area contributed by atoms with Crippen molar-refractivity contribution in [3.05, 3.63) is 52.3 Å². The quantitative estimate of drug-likeness (QED) is 0.692. The van der Waals surface area contributed by atoms with Crippen LogP contribution in [0.5, 0.6) is 11.5 Å². The maximum atomic E-state index is 5.51. The lowest BCUT2D eigenvalue weighted by Crippen LogP contribution is -2.29. The second-order valence-electron chi connectivity index (χ2n) is 6.14. The minimum absolute atomic E-state index is 0.325. The van der Waals surface area contributed by atoms with E-state index in [4.69, 9.17) is 9.47 Å². The first-order valence-corrected chi connectivity index (χ1v) is 9.00. The van der Waals surface area contributed by atoms with Gasteiger partial charge in [-0.1, -0.05) is 12.1 Å². The Morgan fingerprint density at radius 3 is 2.62 bits per heavy atom. The Morgan fingerprint density at radius 1 is 1.25 bits per heavy atom. The third kappa shape index (κ3) is 3.57. The molecule has 0 radical (unpaired) electrons. The molecule has 0 saturated heterocycles. The number of methoxy groups -OCH3 is 2. The molecule has 1 unspecified atom stereocenters. The van der Waals surface area contributed by atoms with Crippen molar-refractivity contribution in [2.45, 2.75) is 38.4 Å². The molecule has 1 aromatic carbocycles. The Morgan fingerprint density at radius 2 is 2.04 bits per heavy atom. The van der Waals surface area contributed by atoms with E-state index >= 15 is 0 Å². The first-order chi connectivity index (χ1) is 11.7. The van der Waals surface area contributed by atoms with E-state index in [0.29, 0.717) is 12.1 Å². The third-order valence-corrected chi connectivity index (χ3v) is 5.47. The Balaban J connectivity index is 1.87. The highest BCUT2D eigenvalue weighted by molar-refractivity contribution is 9.10. The average molecular weight is 391 g/mol. The first-order valence-electron chi connectivity index (χ1n) is 8.20. The summed E-state index contributed by atoms with van der Waals surface area (Å²) in [5.74, 6) is 1.49. The minimum Gasteiger partial charge on any atom is -0.493 e. The van der Waals surface area contributed by atoms with Gasteiger partial charge in [0.05, 0.1) is 18.7 Å². The Labute approximate surface area is 151 Å². The zero-order valence-electron chi connectivity index (χ0n) is 14.3. The highest BCUT2D eigenvalue weighted by Crippen LogP contribution is 2.41. The van der Waals surface area contributed by atoms with Crippen LogP contribution in [-0.2, 0) is 6.54 Å². The summed E-state index contributed by atoms with van der Waals surface area (Å²) in [5.41, 5.74) is 2.45. The van der Waals surface area contributed by atoms with Crippen LogP contribution in [0, 0.1) is 0 Å². The van der Waals surface area contributed by atoms with Gasteiger partial charge < -0.3 is 9.47 Å². The van der Waals surface area contributed by atoms with Crippen LogP contribution in [-0.4, -0.2) is 30.1 Å². The van der Waals surface area contributed by atoms with E-state index < -0.39 is 0 Å². The van der Waals surface area contributed by atoms with Crippen molar-refractivity contribution in [3.63, 3.8) is 0 Å². The first kappa shape index (κ1) is 17.2. The summed E-state index contributed by atoms with van der Waals surface area (Å²) in [5, 5.41) is 0. The van der Waals surface area contributed by atoms with Crippen LogP contribution in [0.4, 0.5) is 0 Å². The van der Waals surface area contributed by atoms with E-state index in [1.165, 1.54) is 24.0 Å². The number of rotatable bonds is 7. The number of pyridine rings is 1. The van der Waals surface area contributed by atoms with Gasteiger partial charge in [-0.05, 0) is 59.0 Å². The van der Waals surface area contributed by atoms with E-state index in [1.807, 2.05) is 24.5 Å². The molecule has 1 saturated carbocycles. The second kappa shape index (κ2) is 7.53. The molecule has 0 amide bonds. The van der Waals surface area contributed by atoms with Crippen molar-refractivity contribution in [3.8, 4) is 11.5 Å². The van der Waals surface area contributed by atoms with Gasteiger partial charge in [-0.3, -0.25) is 9.88 Å². The SMILES string of the molecule is COc1ccc(CN(C2CC2)C(C)c2cccnc2)c(Br)c1OC. The van der Waals surface area contributed by atoms with Gasteiger partial charge in [0, 0.05) is 31.0 Å². The fourth-order valence-electron chi connectivity index (χ4n) is 3.05. The van der Waals surface area contributed by atoms with E-state index in [-0.39, 0.29) is 0 Å². The molecule has 3 rings (SSSR count). The largest absolute Gasteiger partial charge is 0.493 e. The summed E-state index contributed by atoms with van der Waals surface area (Å²) in [4.78, 5) is 6.81. The molecular weight excluding hydrogens is 368 g/mol. The van der Waals surface area contributed by atoms with E-state index in [1.54, 1.807) is 14.2 Å². The van der Waals surface area contributed by atoms with Crippen molar-refractivity contribution >= 4 is 15.9 Å². The van der Waals surface area contributed by atoms with Gasteiger partial charge in [-0.25, -0.2) is 0 Å². The standard InChI is InChI=1S/C19H23BrN2O2/c1-13(14-5-4-10-21-11-14)22(16-7-8-16)12-15-6-9-17(23-2)19(24-3)18(15)20/h4-6,9-11,13,16H,7-8,12H2,1-3H3. The highest BCUT2D eigenvalue weighted by atomic mass is 79.9. The number of aromatic nitrogens is 1. The van der Waals surface area contributed by atoms with Crippen LogP contribution in [0.3, 0.4) is 0 Å². The molecule has 0 aliphatic heterocycles. The molecule has 0 bridgehead atoms. The smallest absolute Gasteiger partial charge is 0.175 e. The molecule has 1 atom stereocenters. The average Bonchev–Trinajstić information content (AvgIpc) is 3.45. The summed E-state index contributed by atoms with van der Waals surface area (Å²) in [6.45, 7) is 3.12. The number of halogens is 1. The minimum atomic E-state index is 0.325. The molecule has 0 spiro atoms. The Bertz CT molecular complexity index is 689. The normalized spacial score (nSPS) is 15.4. The van der Waals surface area contributed by atoms with Crippen molar-refractivity contribution in [2.75, 3.05) is 14.2 Å². The number of ether oxygens (including phenoxy) is 2. The molecule has 5 heteroatoms. The number of hydrogen-bond donors (Lipinski definition) is 0. The molecule has 24 heavy (non-hydrogen) atoms.